The average molecular weight is 548 g/mol. The number of anilines is 1. The molecule has 3 saturated heterocycles. The molecule has 0 radical (unpaired) electrons. The van der Waals surface area contributed by atoms with E-state index < -0.39 is 4.92 Å². The Morgan fingerprint density at radius 1 is 1.11 bits per heavy atom. The molecule has 1 aliphatic carbocycles. The van der Waals surface area contributed by atoms with Gasteiger partial charge in [-0.2, -0.15) is 0 Å². The zero-order valence-corrected chi connectivity index (χ0v) is 21.6. The number of carbonyl (C=O) groups is 2. The van der Waals surface area contributed by atoms with E-state index in [4.69, 9.17) is 0 Å². The third-order valence-corrected chi connectivity index (χ3v) is 8.57. The molecule has 5 rings (SSSR count). The summed E-state index contributed by atoms with van der Waals surface area (Å²) in [4.78, 5) is 42.0. The molecule has 190 valence electrons. The first-order valence-corrected chi connectivity index (χ1v) is 13.7. The van der Waals surface area contributed by atoms with Crippen LogP contribution in [0.5, 0.6) is 0 Å². The lowest BCUT2D eigenvalue weighted by atomic mass is 9.86. The number of piperidine rings is 3. The highest BCUT2D eigenvalue weighted by Gasteiger charge is 2.48. The topological polar surface area (TPSA) is 108 Å². The molecule has 2 atom stereocenters. The van der Waals surface area contributed by atoms with Crippen molar-refractivity contribution < 1.29 is 14.5 Å². The Hall–Kier alpha value is -2.20. The van der Waals surface area contributed by atoms with Crippen LogP contribution in [0, 0.1) is 21.4 Å². The Labute approximate surface area is 214 Å². The summed E-state index contributed by atoms with van der Waals surface area (Å²) in [5, 5.41) is 18.8. The Morgan fingerprint density at radius 2 is 1.86 bits per heavy atom. The second-order valence-electron chi connectivity index (χ2n) is 10.8. The van der Waals surface area contributed by atoms with Crippen molar-refractivity contribution >= 4 is 39.1 Å². The molecular formula is C25H34BrN5O4. The summed E-state index contributed by atoms with van der Waals surface area (Å²) in [5.41, 5.74) is 0.802. The van der Waals surface area contributed by atoms with Crippen LogP contribution in [0.2, 0.25) is 0 Å². The predicted molar refractivity (Wildman–Crippen MR) is 136 cm³/mol. The van der Waals surface area contributed by atoms with Crippen LogP contribution in [-0.4, -0.2) is 71.8 Å². The van der Waals surface area contributed by atoms with E-state index in [1.165, 1.54) is 18.9 Å². The number of benzene rings is 1. The summed E-state index contributed by atoms with van der Waals surface area (Å²) in [6, 6.07) is 2.98. The van der Waals surface area contributed by atoms with Crippen LogP contribution in [0.15, 0.2) is 16.6 Å². The molecule has 4 aliphatic rings. The maximum absolute atomic E-state index is 13.4. The molecule has 35 heavy (non-hydrogen) atoms. The van der Waals surface area contributed by atoms with Crippen molar-refractivity contribution in [2.45, 2.75) is 57.4 Å². The molecule has 1 saturated carbocycles. The van der Waals surface area contributed by atoms with Gasteiger partial charge in [0.1, 0.15) is 5.69 Å². The summed E-state index contributed by atoms with van der Waals surface area (Å²) in [7, 11) is 0. The van der Waals surface area contributed by atoms with E-state index in [1.54, 1.807) is 11.0 Å². The first-order chi connectivity index (χ1) is 16.8. The van der Waals surface area contributed by atoms with E-state index in [0.29, 0.717) is 41.6 Å². The highest BCUT2D eigenvalue weighted by molar-refractivity contribution is 9.10. The van der Waals surface area contributed by atoms with E-state index in [2.05, 4.69) is 26.6 Å². The molecule has 3 heterocycles. The van der Waals surface area contributed by atoms with Gasteiger partial charge in [0.25, 0.3) is 11.6 Å². The van der Waals surface area contributed by atoms with Crippen LogP contribution in [0.4, 0.5) is 11.4 Å². The van der Waals surface area contributed by atoms with E-state index in [0.717, 1.165) is 51.6 Å². The molecule has 2 N–H and O–H groups in total. The molecular weight excluding hydrogens is 514 g/mol. The fraction of sp³-hybridized carbons (Fsp3) is 0.680. The van der Waals surface area contributed by atoms with Crippen molar-refractivity contribution in [2.75, 3.05) is 44.6 Å². The van der Waals surface area contributed by atoms with Gasteiger partial charge in [-0.15, -0.1) is 0 Å². The highest BCUT2D eigenvalue weighted by Crippen LogP contribution is 2.51. The Kier molecular flexibility index (Phi) is 7.03. The van der Waals surface area contributed by atoms with Crippen LogP contribution >= 0.6 is 15.9 Å². The Morgan fingerprint density at radius 3 is 2.57 bits per heavy atom. The zero-order valence-electron chi connectivity index (χ0n) is 20.1. The van der Waals surface area contributed by atoms with Gasteiger partial charge in [0, 0.05) is 55.8 Å². The van der Waals surface area contributed by atoms with Gasteiger partial charge in [-0.1, -0.05) is 15.9 Å². The largest absolute Gasteiger partial charge is 0.374 e. The summed E-state index contributed by atoms with van der Waals surface area (Å²) in [6.45, 7) is 4.28. The van der Waals surface area contributed by atoms with Gasteiger partial charge >= 0.3 is 0 Å². The second-order valence-corrected chi connectivity index (χ2v) is 11.7. The molecule has 0 aromatic heterocycles. The fourth-order valence-corrected chi connectivity index (χ4v) is 6.44. The number of halogens is 1. The molecule has 2 amide bonds. The van der Waals surface area contributed by atoms with E-state index in [1.807, 2.05) is 4.90 Å². The number of rotatable bonds is 5. The third kappa shape index (κ3) is 5.33. The van der Waals surface area contributed by atoms with Gasteiger partial charge in [-0.25, -0.2) is 0 Å². The van der Waals surface area contributed by atoms with Crippen molar-refractivity contribution in [3.63, 3.8) is 0 Å². The molecule has 1 spiro atoms. The van der Waals surface area contributed by atoms with Gasteiger partial charge in [0.05, 0.1) is 16.4 Å². The first kappa shape index (κ1) is 24.5. The van der Waals surface area contributed by atoms with Crippen molar-refractivity contribution in [3.8, 4) is 0 Å². The lowest BCUT2D eigenvalue weighted by Crippen LogP contribution is -2.51. The number of nitrogens with zero attached hydrogens (tertiary/aromatic N) is 3. The number of likely N-dealkylation sites (tertiary alicyclic amines) is 2. The van der Waals surface area contributed by atoms with E-state index in [9.17, 15) is 19.7 Å². The third-order valence-electron chi connectivity index (χ3n) is 8.11. The SMILES string of the molecule is O=C(c1cc(Br)cc([N+](=O)[O-])c1N[C@@H]1CCCN(C(=O)C2CNCC3(CC3)C2)C1)N1CCCCC1. The molecule has 9 nitrogen and oxygen atoms in total. The Balaban J connectivity index is 1.35. The number of nitrogens with one attached hydrogen (secondary N) is 2. The first-order valence-electron chi connectivity index (χ1n) is 12.9. The summed E-state index contributed by atoms with van der Waals surface area (Å²) in [6.07, 6.45) is 7.97. The molecule has 4 fully saturated rings. The van der Waals surface area contributed by atoms with Gasteiger partial charge in [-0.3, -0.25) is 19.7 Å². The minimum Gasteiger partial charge on any atom is -0.374 e. The van der Waals surface area contributed by atoms with Crippen molar-refractivity contribution in [3.05, 3.63) is 32.3 Å². The number of hydrogen-bond acceptors (Lipinski definition) is 6. The molecule has 1 aromatic rings. The van der Waals surface area contributed by atoms with Crippen molar-refractivity contribution in [1.82, 2.24) is 15.1 Å². The standard InChI is InChI=1S/C25H34BrN5O4/c26-18-11-20(24(33)29-8-2-1-3-9-29)22(21(12-18)31(34)35)28-19-5-4-10-30(15-19)23(32)17-13-25(6-7-25)16-27-14-17/h11-12,17,19,27-28H,1-10,13-16H2/t17?,19-/m1/s1. The van der Waals surface area contributed by atoms with Crippen LogP contribution in [-0.2, 0) is 4.79 Å². The second kappa shape index (κ2) is 10.0. The summed E-state index contributed by atoms with van der Waals surface area (Å²) < 4.78 is 0.509. The predicted octanol–water partition coefficient (Wildman–Crippen LogP) is 3.78. The van der Waals surface area contributed by atoms with Crippen LogP contribution in [0.3, 0.4) is 0 Å². The van der Waals surface area contributed by atoms with Gasteiger partial charge in [0.2, 0.25) is 5.91 Å². The number of carbonyl (C=O) groups excluding carboxylic acids is 2. The number of hydrogen-bond donors (Lipinski definition) is 2. The van der Waals surface area contributed by atoms with Crippen molar-refractivity contribution in [1.29, 1.82) is 0 Å². The Bertz CT molecular complexity index is 1010. The highest BCUT2D eigenvalue weighted by atomic mass is 79.9. The van der Waals surface area contributed by atoms with Gasteiger partial charge in [-0.05, 0) is 62.8 Å². The quantitative estimate of drug-likeness (QED) is 0.429. The summed E-state index contributed by atoms with van der Waals surface area (Å²) >= 11 is 3.36. The molecule has 0 bridgehead atoms. The van der Waals surface area contributed by atoms with Crippen LogP contribution in [0.25, 0.3) is 0 Å². The maximum atomic E-state index is 13.4. The molecule has 1 aromatic carbocycles. The monoisotopic (exact) mass is 547 g/mol. The molecule has 1 unspecified atom stereocenters. The van der Waals surface area contributed by atoms with Crippen LogP contribution in [0.1, 0.15) is 61.7 Å². The van der Waals surface area contributed by atoms with Gasteiger partial charge in [0.15, 0.2) is 0 Å². The molecule has 3 aliphatic heterocycles. The van der Waals surface area contributed by atoms with Crippen molar-refractivity contribution in [2.24, 2.45) is 11.3 Å². The summed E-state index contributed by atoms with van der Waals surface area (Å²) in [5.74, 6) is 0.0107. The number of nitro groups is 1. The normalized spacial score (nSPS) is 25.9. The van der Waals surface area contributed by atoms with E-state index >= 15 is 0 Å². The smallest absolute Gasteiger partial charge is 0.294 e. The average Bonchev–Trinajstić information content (AvgIpc) is 3.62. The molecule has 10 heteroatoms. The lowest BCUT2D eigenvalue weighted by molar-refractivity contribution is -0.384. The maximum Gasteiger partial charge on any atom is 0.294 e. The fourth-order valence-electron chi connectivity index (χ4n) is 5.99. The zero-order chi connectivity index (χ0) is 24.6. The van der Waals surface area contributed by atoms with Crippen LogP contribution < -0.4 is 10.6 Å². The number of nitro benzene ring substituents is 1. The minimum atomic E-state index is -0.436. The lowest BCUT2D eigenvalue weighted by Gasteiger charge is -2.38. The minimum absolute atomic E-state index is 0.00302. The van der Waals surface area contributed by atoms with Gasteiger partial charge < -0.3 is 20.4 Å². The van der Waals surface area contributed by atoms with E-state index in [-0.39, 0.29) is 35.1 Å². The number of amides is 2.